The molecule has 1 fully saturated rings. The van der Waals surface area contributed by atoms with Crippen LogP contribution in [0.5, 0.6) is 5.88 Å². The molecule has 0 atom stereocenters. The van der Waals surface area contributed by atoms with Crippen molar-refractivity contribution in [2.45, 2.75) is 46.2 Å². The van der Waals surface area contributed by atoms with E-state index in [0.29, 0.717) is 18.4 Å². The topological polar surface area (TPSA) is 85.6 Å². The molecular formula is C29H35FN6O3. The van der Waals surface area contributed by atoms with Crippen LogP contribution in [0.15, 0.2) is 60.8 Å². The Kier molecular flexibility index (Phi) is 9.30. The minimum atomic E-state index is -0.413. The van der Waals surface area contributed by atoms with Gasteiger partial charge in [0.1, 0.15) is 5.82 Å². The summed E-state index contributed by atoms with van der Waals surface area (Å²) in [4.78, 5) is 29.2. The minimum absolute atomic E-state index is 0.188. The predicted molar refractivity (Wildman–Crippen MR) is 150 cm³/mol. The first-order valence-corrected chi connectivity index (χ1v) is 13.2. The van der Waals surface area contributed by atoms with Gasteiger partial charge in [-0.15, -0.1) is 0 Å². The zero-order valence-electron chi connectivity index (χ0n) is 22.9. The van der Waals surface area contributed by atoms with Crippen LogP contribution in [0.3, 0.4) is 0 Å². The zero-order valence-corrected chi connectivity index (χ0v) is 22.9. The number of halogens is 1. The number of rotatable bonds is 8. The van der Waals surface area contributed by atoms with E-state index in [1.807, 2.05) is 51.2 Å². The lowest BCUT2D eigenvalue weighted by Gasteiger charge is -2.37. The smallest absolute Gasteiger partial charge is 0.305 e. The Bertz CT molecular complexity index is 1370. The number of benzene rings is 2. The highest BCUT2D eigenvalue weighted by molar-refractivity contribution is 5.79. The van der Waals surface area contributed by atoms with Crippen molar-refractivity contribution in [2.75, 3.05) is 36.7 Å². The molecule has 0 unspecified atom stereocenters. The average Bonchev–Trinajstić information content (AvgIpc) is 3.33. The second-order valence-corrected chi connectivity index (χ2v) is 9.04. The molecular weight excluding hydrogens is 499 g/mol. The summed E-state index contributed by atoms with van der Waals surface area (Å²) in [6.45, 7) is 7.40. The van der Waals surface area contributed by atoms with E-state index in [2.05, 4.69) is 30.4 Å². The van der Waals surface area contributed by atoms with Crippen LogP contribution >= 0.6 is 0 Å². The maximum Gasteiger partial charge on any atom is 0.305 e. The molecule has 1 aliphatic heterocycles. The predicted octanol–water partition coefficient (Wildman–Crippen LogP) is 5.04. The van der Waals surface area contributed by atoms with Crippen molar-refractivity contribution in [1.29, 1.82) is 0 Å². The summed E-state index contributed by atoms with van der Waals surface area (Å²) in [5.74, 6) is 1.18. The van der Waals surface area contributed by atoms with Gasteiger partial charge >= 0.3 is 5.97 Å². The van der Waals surface area contributed by atoms with E-state index in [9.17, 15) is 9.18 Å². The molecule has 9 nitrogen and oxygen atoms in total. The molecule has 4 aromatic rings. The molecule has 1 saturated heterocycles. The lowest BCUT2D eigenvalue weighted by atomic mass is 10.0. The number of carbonyl (C=O) groups excluding carboxylic acids is 1. The molecule has 206 valence electrons. The number of aromatic nitrogens is 4. The van der Waals surface area contributed by atoms with Gasteiger partial charge in [-0.2, -0.15) is 4.98 Å². The molecule has 1 aliphatic rings. The monoisotopic (exact) mass is 534 g/mol. The lowest BCUT2D eigenvalue weighted by Crippen LogP contribution is -2.44. The van der Waals surface area contributed by atoms with Crippen molar-refractivity contribution in [2.24, 2.45) is 0 Å². The van der Waals surface area contributed by atoms with Gasteiger partial charge in [-0.05, 0) is 42.7 Å². The van der Waals surface area contributed by atoms with E-state index in [1.54, 1.807) is 12.3 Å². The molecule has 0 aliphatic carbocycles. The third-order valence-corrected chi connectivity index (χ3v) is 6.59. The summed E-state index contributed by atoms with van der Waals surface area (Å²) in [5, 5.41) is 0. The largest absolute Gasteiger partial charge is 0.440 e. The number of para-hydroxylation sites is 2. The van der Waals surface area contributed by atoms with Gasteiger partial charge in [-0.25, -0.2) is 14.4 Å². The summed E-state index contributed by atoms with van der Waals surface area (Å²) in [6.07, 6.45) is 3.44. The van der Waals surface area contributed by atoms with Crippen LogP contribution in [0.25, 0.3) is 11.0 Å². The van der Waals surface area contributed by atoms with Gasteiger partial charge < -0.3 is 23.8 Å². The Morgan fingerprint density at radius 2 is 1.77 bits per heavy atom. The molecule has 0 N–H and O–H groups in total. The molecule has 0 saturated carbocycles. The van der Waals surface area contributed by atoms with Gasteiger partial charge in [-0.1, -0.05) is 38.1 Å². The van der Waals surface area contributed by atoms with Crippen molar-refractivity contribution in [3.8, 4) is 5.88 Å². The summed E-state index contributed by atoms with van der Waals surface area (Å²) in [6, 6.07) is 16.6. The van der Waals surface area contributed by atoms with E-state index in [0.717, 1.165) is 48.5 Å². The highest BCUT2D eigenvalue weighted by atomic mass is 19.1. The normalized spacial score (nSPS) is 13.5. The number of piperidine rings is 1. The van der Waals surface area contributed by atoms with Crippen molar-refractivity contribution in [3.63, 3.8) is 0 Å². The number of anilines is 2. The molecule has 2 aromatic carbocycles. The Hall–Kier alpha value is -4.21. The standard InChI is InChI=1S/C27H29FN6O3.C2H6/c1-19(35)36-18-37-25-11-14-29-26(31-25)32(2)22-12-15-33(16-13-22)27-30-23-5-3-4-6-24(23)34(27)17-20-7-9-21(28)10-8-20;1-2/h3-11,14,22H,12-13,15-18H2,1-2H3;1-2H3. The van der Waals surface area contributed by atoms with Crippen molar-refractivity contribution < 1.29 is 18.7 Å². The first-order valence-electron chi connectivity index (χ1n) is 13.2. The Morgan fingerprint density at radius 3 is 2.49 bits per heavy atom. The van der Waals surface area contributed by atoms with Crippen LogP contribution in [-0.2, 0) is 16.1 Å². The van der Waals surface area contributed by atoms with Crippen LogP contribution in [-0.4, -0.2) is 58.5 Å². The second kappa shape index (κ2) is 13.0. The van der Waals surface area contributed by atoms with Gasteiger partial charge in [0.15, 0.2) is 0 Å². The van der Waals surface area contributed by atoms with Crippen molar-refractivity contribution in [1.82, 2.24) is 19.5 Å². The quantitative estimate of drug-likeness (QED) is 0.230. The van der Waals surface area contributed by atoms with Crippen LogP contribution in [0.4, 0.5) is 16.3 Å². The van der Waals surface area contributed by atoms with Crippen LogP contribution in [0.1, 0.15) is 39.2 Å². The van der Waals surface area contributed by atoms with Gasteiger partial charge in [0, 0.05) is 45.4 Å². The third kappa shape index (κ3) is 6.81. The summed E-state index contributed by atoms with van der Waals surface area (Å²) >= 11 is 0. The van der Waals surface area contributed by atoms with Crippen LogP contribution in [0, 0.1) is 5.82 Å². The first kappa shape index (κ1) is 27.8. The number of hydrogen-bond acceptors (Lipinski definition) is 8. The number of esters is 1. The minimum Gasteiger partial charge on any atom is -0.440 e. The highest BCUT2D eigenvalue weighted by Crippen LogP contribution is 2.28. The summed E-state index contributed by atoms with van der Waals surface area (Å²) in [5.41, 5.74) is 3.02. The first-order chi connectivity index (χ1) is 19.0. The van der Waals surface area contributed by atoms with E-state index in [4.69, 9.17) is 14.5 Å². The van der Waals surface area contributed by atoms with Crippen LogP contribution < -0.4 is 14.5 Å². The van der Waals surface area contributed by atoms with E-state index < -0.39 is 5.97 Å². The number of hydrogen-bond donors (Lipinski definition) is 0. The molecule has 3 heterocycles. The highest BCUT2D eigenvalue weighted by Gasteiger charge is 2.27. The fourth-order valence-corrected chi connectivity index (χ4v) is 4.60. The van der Waals surface area contributed by atoms with Crippen molar-refractivity contribution >= 4 is 28.9 Å². The fraction of sp³-hybridized carbons (Fsp3) is 0.379. The lowest BCUT2D eigenvalue weighted by molar-refractivity contribution is -0.147. The van der Waals surface area contributed by atoms with Gasteiger partial charge in [0.25, 0.3) is 0 Å². The average molecular weight is 535 g/mol. The van der Waals surface area contributed by atoms with Gasteiger partial charge in [-0.3, -0.25) is 4.79 Å². The third-order valence-electron chi connectivity index (χ3n) is 6.59. The Morgan fingerprint density at radius 1 is 1.05 bits per heavy atom. The molecule has 0 amide bonds. The van der Waals surface area contributed by atoms with E-state index >= 15 is 0 Å². The fourth-order valence-electron chi connectivity index (χ4n) is 4.60. The summed E-state index contributed by atoms with van der Waals surface area (Å²) < 4.78 is 25.9. The Labute approximate surface area is 228 Å². The van der Waals surface area contributed by atoms with Gasteiger partial charge in [0.2, 0.25) is 24.6 Å². The SMILES string of the molecule is CC.CC(=O)OCOc1ccnc(N(C)C2CCN(c3nc4ccccc4n3Cc3ccc(F)cc3)CC2)n1. The Balaban J connectivity index is 0.00000172. The molecule has 0 bridgehead atoms. The van der Waals surface area contributed by atoms with Crippen molar-refractivity contribution in [3.05, 3.63) is 72.2 Å². The summed E-state index contributed by atoms with van der Waals surface area (Å²) in [7, 11) is 1.98. The number of imidazole rings is 1. The maximum atomic E-state index is 13.5. The second-order valence-electron chi connectivity index (χ2n) is 9.04. The van der Waals surface area contributed by atoms with Gasteiger partial charge in [0.05, 0.1) is 17.6 Å². The zero-order chi connectivity index (χ0) is 27.8. The molecule has 10 heteroatoms. The molecule has 0 radical (unpaired) electrons. The maximum absolute atomic E-state index is 13.5. The molecule has 5 rings (SSSR count). The van der Waals surface area contributed by atoms with E-state index in [-0.39, 0.29) is 18.7 Å². The van der Waals surface area contributed by atoms with Crippen LogP contribution in [0.2, 0.25) is 0 Å². The number of ether oxygens (including phenoxy) is 2. The molecule has 39 heavy (non-hydrogen) atoms. The molecule has 2 aromatic heterocycles. The number of fused-ring (bicyclic) bond motifs is 1. The van der Waals surface area contributed by atoms with E-state index in [1.165, 1.54) is 19.1 Å². The molecule has 0 spiro atoms. The number of carbonyl (C=O) groups is 1. The number of nitrogens with zero attached hydrogens (tertiary/aromatic N) is 6.